The zero-order chi connectivity index (χ0) is 20.8. The van der Waals surface area contributed by atoms with Crippen molar-refractivity contribution < 1.29 is 9.18 Å². The molecule has 30 heavy (non-hydrogen) atoms. The number of nitrogens with one attached hydrogen (secondary N) is 1. The normalized spacial score (nSPS) is 14.5. The fraction of sp³-hybridized carbons (Fsp3) is 0.240. The third kappa shape index (κ3) is 5.24. The molecule has 1 saturated heterocycles. The second-order valence-electron chi connectivity index (χ2n) is 7.61. The van der Waals surface area contributed by atoms with E-state index in [-0.39, 0.29) is 11.7 Å². The number of hydrogen-bond donors (Lipinski definition) is 1. The second kappa shape index (κ2) is 9.55. The molecule has 1 heterocycles. The minimum absolute atomic E-state index is 0.116. The number of hydrogen-bond acceptors (Lipinski definition) is 3. The first-order valence-electron chi connectivity index (χ1n) is 10.3. The maximum absolute atomic E-state index is 13.0. The van der Waals surface area contributed by atoms with Crippen LogP contribution in [0.25, 0.3) is 0 Å². The van der Waals surface area contributed by atoms with E-state index in [1.54, 1.807) is 12.1 Å². The Hall–Kier alpha value is -3.18. The van der Waals surface area contributed by atoms with Crippen LogP contribution in [0.1, 0.15) is 21.5 Å². The van der Waals surface area contributed by atoms with Gasteiger partial charge in [-0.15, -0.1) is 0 Å². The summed E-state index contributed by atoms with van der Waals surface area (Å²) in [6, 6.07) is 24.5. The number of nitrogens with zero attached hydrogens (tertiary/aromatic N) is 2. The molecule has 0 unspecified atom stereocenters. The molecule has 1 amide bonds. The van der Waals surface area contributed by atoms with Crippen LogP contribution in [0, 0.1) is 5.82 Å². The van der Waals surface area contributed by atoms with Crippen LogP contribution in [0.5, 0.6) is 0 Å². The Morgan fingerprint density at radius 3 is 2.30 bits per heavy atom. The lowest BCUT2D eigenvalue weighted by Gasteiger charge is -2.36. The molecule has 1 aliphatic heterocycles. The summed E-state index contributed by atoms with van der Waals surface area (Å²) in [6.45, 7) is 5.21. The second-order valence-corrected chi connectivity index (χ2v) is 7.61. The van der Waals surface area contributed by atoms with Crippen LogP contribution in [-0.2, 0) is 13.1 Å². The highest BCUT2D eigenvalue weighted by Crippen LogP contribution is 2.17. The SMILES string of the molecule is O=C(NCc1ccc(F)cc1)c1cccc(CN2CCN(c3ccccc3)CC2)c1. The summed E-state index contributed by atoms with van der Waals surface area (Å²) < 4.78 is 13.0. The summed E-state index contributed by atoms with van der Waals surface area (Å²) in [5.74, 6) is -0.391. The van der Waals surface area contributed by atoms with Crippen molar-refractivity contribution >= 4 is 11.6 Å². The zero-order valence-corrected chi connectivity index (χ0v) is 16.9. The van der Waals surface area contributed by atoms with Gasteiger partial charge in [-0.3, -0.25) is 9.69 Å². The lowest BCUT2D eigenvalue weighted by molar-refractivity contribution is 0.0950. The van der Waals surface area contributed by atoms with Gasteiger partial charge in [0.15, 0.2) is 0 Å². The number of piperazine rings is 1. The van der Waals surface area contributed by atoms with E-state index >= 15 is 0 Å². The van der Waals surface area contributed by atoms with Crippen molar-refractivity contribution in [1.82, 2.24) is 10.2 Å². The molecular weight excluding hydrogens is 377 g/mol. The molecule has 0 spiro atoms. The lowest BCUT2D eigenvalue weighted by atomic mass is 10.1. The number of halogens is 1. The molecule has 1 N–H and O–H groups in total. The van der Waals surface area contributed by atoms with Crippen LogP contribution >= 0.6 is 0 Å². The summed E-state index contributed by atoms with van der Waals surface area (Å²) in [6.07, 6.45) is 0. The van der Waals surface area contributed by atoms with E-state index in [9.17, 15) is 9.18 Å². The topological polar surface area (TPSA) is 35.6 Å². The highest BCUT2D eigenvalue weighted by Gasteiger charge is 2.17. The van der Waals surface area contributed by atoms with E-state index < -0.39 is 0 Å². The Morgan fingerprint density at radius 2 is 1.57 bits per heavy atom. The summed E-state index contributed by atoms with van der Waals surface area (Å²) in [4.78, 5) is 17.4. The average Bonchev–Trinajstić information content (AvgIpc) is 2.80. The highest BCUT2D eigenvalue weighted by atomic mass is 19.1. The minimum Gasteiger partial charge on any atom is -0.369 e. The summed E-state index contributed by atoms with van der Waals surface area (Å²) in [5, 5.41) is 2.91. The number of para-hydroxylation sites is 1. The maximum atomic E-state index is 13.0. The van der Waals surface area contributed by atoms with Crippen molar-refractivity contribution in [3.8, 4) is 0 Å². The smallest absolute Gasteiger partial charge is 0.251 e. The third-order valence-corrected chi connectivity index (χ3v) is 5.46. The Labute approximate surface area is 176 Å². The molecule has 1 aliphatic rings. The summed E-state index contributed by atoms with van der Waals surface area (Å²) in [7, 11) is 0. The molecule has 0 saturated carbocycles. The van der Waals surface area contributed by atoms with Gasteiger partial charge < -0.3 is 10.2 Å². The molecule has 5 heteroatoms. The van der Waals surface area contributed by atoms with E-state index in [2.05, 4.69) is 45.4 Å². The molecule has 1 fully saturated rings. The van der Waals surface area contributed by atoms with Gasteiger partial charge >= 0.3 is 0 Å². The quantitative estimate of drug-likeness (QED) is 0.674. The molecular formula is C25H26FN3O. The fourth-order valence-electron chi connectivity index (χ4n) is 3.76. The Balaban J connectivity index is 1.30. The molecule has 3 aromatic rings. The average molecular weight is 404 g/mol. The van der Waals surface area contributed by atoms with Crippen molar-refractivity contribution in [1.29, 1.82) is 0 Å². The number of anilines is 1. The van der Waals surface area contributed by atoms with Crippen molar-refractivity contribution in [2.45, 2.75) is 13.1 Å². The Kier molecular flexibility index (Phi) is 6.40. The van der Waals surface area contributed by atoms with Gasteiger partial charge in [0.2, 0.25) is 0 Å². The van der Waals surface area contributed by atoms with Gasteiger partial charge in [-0.05, 0) is 47.5 Å². The van der Waals surface area contributed by atoms with Crippen LogP contribution in [0.4, 0.5) is 10.1 Å². The number of benzene rings is 3. The van der Waals surface area contributed by atoms with E-state index in [0.717, 1.165) is 43.9 Å². The van der Waals surface area contributed by atoms with Gasteiger partial charge in [-0.2, -0.15) is 0 Å². The predicted molar refractivity (Wildman–Crippen MR) is 118 cm³/mol. The van der Waals surface area contributed by atoms with Gasteiger partial charge in [-0.1, -0.05) is 42.5 Å². The molecule has 3 aromatic carbocycles. The maximum Gasteiger partial charge on any atom is 0.251 e. The van der Waals surface area contributed by atoms with Crippen LogP contribution in [0.15, 0.2) is 78.9 Å². The molecule has 0 aromatic heterocycles. The Bertz CT molecular complexity index is 967. The molecule has 154 valence electrons. The first kappa shape index (κ1) is 20.1. The van der Waals surface area contributed by atoms with Gasteiger partial charge in [-0.25, -0.2) is 4.39 Å². The largest absolute Gasteiger partial charge is 0.369 e. The number of rotatable bonds is 6. The molecule has 0 atom stereocenters. The first-order valence-corrected chi connectivity index (χ1v) is 10.3. The summed E-state index contributed by atoms with van der Waals surface area (Å²) in [5.41, 5.74) is 3.93. The number of carbonyl (C=O) groups is 1. The van der Waals surface area contributed by atoms with Crippen molar-refractivity contribution in [3.05, 3.63) is 101 Å². The Morgan fingerprint density at radius 1 is 0.833 bits per heavy atom. The standard InChI is InChI=1S/C25H26FN3O/c26-23-11-9-20(10-12-23)18-27-25(30)22-6-4-5-21(17-22)19-28-13-15-29(16-14-28)24-7-2-1-3-8-24/h1-12,17H,13-16,18-19H2,(H,27,30). The van der Waals surface area contributed by atoms with Crippen molar-refractivity contribution in [2.24, 2.45) is 0 Å². The lowest BCUT2D eigenvalue weighted by Crippen LogP contribution is -2.45. The molecule has 0 aliphatic carbocycles. The van der Waals surface area contributed by atoms with Crippen molar-refractivity contribution in [3.63, 3.8) is 0 Å². The molecule has 0 radical (unpaired) electrons. The van der Waals surface area contributed by atoms with Crippen LogP contribution < -0.4 is 10.2 Å². The predicted octanol–water partition coefficient (Wildman–Crippen LogP) is 4.08. The van der Waals surface area contributed by atoms with Gasteiger partial charge in [0.25, 0.3) is 5.91 Å². The van der Waals surface area contributed by atoms with E-state index in [0.29, 0.717) is 12.1 Å². The van der Waals surface area contributed by atoms with Gasteiger partial charge in [0, 0.05) is 50.5 Å². The summed E-state index contributed by atoms with van der Waals surface area (Å²) >= 11 is 0. The fourth-order valence-corrected chi connectivity index (χ4v) is 3.76. The molecule has 4 nitrogen and oxygen atoms in total. The van der Waals surface area contributed by atoms with E-state index in [1.165, 1.54) is 17.8 Å². The van der Waals surface area contributed by atoms with E-state index in [1.807, 2.05) is 24.3 Å². The van der Waals surface area contributed by atoms with Gasteiger partial charge in [0.05, 0.1) is 0 Å². The van der Waals surface area contributed by atoms with Gasteiger partial charge in [0.1, 0.15) is 5.82 Å². The van der Waals surface area contributed by atoms with Crippen LogP contribution in [-0.4, -0.2) is 37.0 Å². The zero-order valence-electron chi connectivity index (χ0n) is 16.9. The van der Waals surface area contributed by atoms with E-state index in [4.69, 9.17) is 0 Å². The highest BCUT2D eigenvalue weighted by molar-refractivity contribution is 5.94. The number of carbonyl (C=O) groups excluding carboxylic acids is 1. The van der Waals surface area contributed by atoms with Crippen molar-refractivity contribution in [2.75, 3.05) is 31.1 Å². The van der Waals surface area contributed by atoms with Crippen LogP contribution in [0.2, 0.25) is 0 Å². The van der Waals surface area contributed by atoms with Crippen LogP contribution in [0.3, 0.4) is 0 Å². The minimum atomic E-state index is -0.276. The number of amides is 1. The molecule has 4 rings (SSSR count). The monoisotopic (exact) mass is 403 g/mol. The first-order chi connectivity index (χ1) is 14.7. The third-order valence-electron chi connectivity index (χ3n) is 5.46. The molecule has 0 bridgehead atoms.